The number of rotatable bonds is 7. The third-order valence-electron chi connectivity index (χ3n) is 3.80. The van der Waals surface area contributed by atoms with Crippen LogP contribution in [0.5, 0.6) is 0 Å². The molecule has 0 aromatic carbocycles. The van der Waals surface area contributed by atoms with Gasteiger partial charge in [-0.2, -0.15) is 11.8 Å². The number of nitrogens with zero attached hydrogens (tertiary/aromatic N) is 1. The molecule has 1 aliphatic heterocycles. The Labute approximate surface area is 148 Å². The van der Waals surface area contributed by atoms with Crippen LogP contribution >= 0.6 is 11.8 Å². The molecule has 1 unspecified atom stereocenters. The summed E-state index contributed by atoms with van der Waals surface area (Å²) >= 11 is 2.00. The van der Waals surface area contributed by atoms with Gasteiger partial charge in [0.15, 0.2) is 11.7 Å². The fourth-order valence-electron chi connectivity index (χ4n) is 2.53. The van der Waals surface area contributed by atoms with E-state index in [4.69, 9.17) is 4.42 Å². The maximum atomic E-state index is 11.9. The van der Waals surface area contributed by atoms with Crippen LogP contribution in [-0.4, -0.2) is 49.0 Å². The average Bonchev–Trinajstić information content (AvgIpc) is 3.01. The highest BCUT2D eigenvalue weighted by Crippen LogP contribution is 2.16. The summed E-state index contributed by atoms with van der Waals surface area (Å²) in [5, 5.41) is 9.66. The Balaban J connectivity index is 1.69. The first-order chi connectivity index (χ1) is 11.7. The molecule has 2 heterocycles. The molecular formula is C17H28N4O2S. The summed E-state index contributed by atoms with van der Waals surface area (Å²) in [5.74, 6) is 3.51. The number of nitrogens with one attached hydrogen (secondary N) is 3. The van der Waals surface area contributed by atoms with E-state index in [0.29, 0.717) is 24.9 Å². The largest absolute Gasteiger partial charge is 0.459 e. The van der Waals surface area contributed by atoms with E-state index >= 15 is 0 Å². The summed E-state index contributed by atoms with van der Waals surface area (Å²) in [6, 6.07) is 2.29. The van der Waals surface area contributed by atoms with Crippen LogP contribution in [0.3, 0.4) is 0 Å². The van der Waals surface area contributed by atoms with Crippen molar-refractivity contribution in [1.29, 1.82) is 0 Å². The summed E-state index contributed by atoms with van der Waals surface area (Å²) < 4.78 is 5.18. The third-order valence-corrected chi connectivity index (χ3v) is 5.02. The molecule has 0 saturated carbocycles. The van der Waals surface area contributed by atoms with Crippen molar-refractivity contribution in [3.63, 3.8) is 0 Å². The van der Waals surface area contributed by atoms with Gasteiger partial charge in [0.05, 0.1) is 6.26 Å². The molecule has 3 N–H and O–H groups in total. The van der Waals surface area contributed by atoms with Gasteiger partial charge in [-0.25, -0.2) is 0 Å². The van der Waals surface area contributed by atoms with Gasteiger partial charge in [-0.15, -0.1) is 0 Å². The van der Waals surface area contributed by atoms with Crippen LogP contribution in [0.2, 0.25) is 0 Å². The fourth-order valence-corrected chi connectivity index (χ4v) is 3.60. The van der Waals surface area contributed by atoms with Crippen LogP contribution in [0.25, 0.3) is 0 Å². The molecule has 1 aromatic rings. The van der Waals surface area contributed by atoms with Gasteiger partial charge in [-0.1, -0.05) is 0 Å². The zero-order chi connectivity index (χ0) is 17.2. The summed E-state index contributed by atoms with van der Waals surface area (Å²) in [5.41, 5.74) is 0.856. The van der Waals surface area contributed by atoms with Crippen LogP contribution in [0.1, 0.15) is 42.3 Å². The maximum absolute atomic E-state index is 11.9. The van der Waals surface area contributed by atoms with Crippen LogP contribution in [0.4, 0.5) is 0 Å². The minimum atomic E-state index is -0.161. The molecule has 1 saturated heterocycles. The Bertz CT molecular complexity index is 538. The van der Waals surface area contributed by atoms with Crippen molar-refractivity contribution in [2.24, 2.45) is 4.99 Å². The Morgan fingerprint density at radius 2 is 2.33 bits per heavy atom. The number of hydrogen-bond donors (Lipinski definition) is 3. The van der Waals surface area contributed by atoms with Gasteiger partial charge in [-0.3, -0.25) is 9.79 Å². The minimum absolute atomic E-state index is 0.161. The smallest absolute Gasteiger partial charge is 0.287 e. The monoisotopic (exact) mass is 352 g/mol. The van der Waals surface area contributed by atoms with E-state index in [1.165, 1.54) is 24.9 Å². The van der Waals surface area contributed by atoms with E-state index in [1.807, 2.05) is 18.7 Å². The zero-order valence-corrected chi connectivity index (χ0v) is 15.4. The third kappa shape index (κ3) is 6.11. The van der Waals surface area contributed by atoms with E-state index in [-0.39, 0.29) is 5.91 Å². The number of thioether (sulfide) groups is 1. The molecule has 0 spiro atoms. The van der Waals surface area contributed by atoms with E-state index in [1.54, 1.807) is 6.07 Å². The van der Waals surface area contributed by atoms with Gasteiger partial charge in [0, 0.05) is 37.0 Å². The standard InChI is InChI=1S/C17H28N4O2S/c1-3-18-17(21-14-6-4-11-24-12-14)20-9-5-8-19-16(22)15-13(2)7-10-23-15/h7,10,14H,3-6,8-9,11-12H2,1-2H3,(H,19,22)(H2,18,20,21). The first-order valence-electron chi connectivity index (χ1n) is 8.65. The van der Waals surface area contributed by atoms with Gasteiger partial charge < -0.3 is 20.4 Å². The van der Waals surface area contributed by atoms with Crippen molar-refractivity contribution in [1.82, 2.24) is 16.0 Å². The Morgan fingerprint density at radius 1 is 1.46 bits per heavy atom. The van der Waals surface area contributed by atoms with E-state index in [2.05, 4.69) is 27.9 Å². The fraction of sp³-hybridized carbons (Fsp3) is 0.647. The lowest BCUT2D eigenvalue weighted by Gasteiger charge is -2.24. The molecule has 6 nitrogen and oxygen atoms in total. The average molecular weight is 353 g/mol. The van der Waals surface area contributed by atoms with E-state index < -0.39 is 0 Å². The molecule has 0 radical (unpaired) electrons. The van der Waals surface area contributed by atoms with Crippen LogP contribution < -0.4 is 16.0 Å². The number of carbonyl (C=O) groups is 1. The molecule has 1 aliphatic rings. The number of hydrogen-bond acceptors (Lipinski definition) is 4. The van der Waals surface area contributed by atoms with E-state index in [9.17, 15) is 4.79 Å². The predicted molar refractivity (Wildman–Crippen MR) is 99.9 cm³/mol. The molecule has 134 valence electrons. The van der Waals surface area contributed by atoms with E-state index in [0.717, 1.165) is 30.2 Å². The summed E-state index contributed by atoms with van der Waals surface area (Å²) in [6.07, 6.45) is 4.80. The number of amides is 1. The van der Waals surface area contributed by atoms with Gasteiger partial charge in [0.2, 0.25) is 0 Å². The van der Waals surface area contributed by atoms with Gasteiger partial charge in [0.25, 0.3) is 5.91 Å². The molecule has 0 aliphatic carbocycles. The second kappa shape index (κ2) is 10.3. The number of carbonyl (C=O) groups excluding carboxylic acids is 1. The van der Waals surface area contributed by atoms with Crippen molar-refractivity contribution >= 4 is 23.6 Å². The summed E-state index contributed by atoms with van der Waals surface area (Å²) in [6.45, 7) is 6.04. The molecule has 1 atom stereocenters. The summed E-state index contributed by atoms with van der Waals surface area (Å²) in [4.78, 5) is 16.5. The van der Waals surface area contributed by atoms with Crippen molar-refractivity contribution < 1.29 is 9.21 Å². The first-order valence-corrected chi connectivity index (χ1v) is 9.81. The van der Waals surface area contributed by atoms with Crippen molar-refractivity contribution in [2.75, 3.05) is 31.1 Å². The number of aliphatic imine (C=N–C) groups is 1. The SMILES string of the molecule is CCNC(=NCCCNC(=O)c1occc1C)NC1CCCSC1. The number of guanidine groups is 1. The Kier molecular flexibility index (Phi) is 8.01. The molecule has 7 heteroatoms. The molecule has 1 fully saturated rings. The second-order valence-corrected chi connectivity index (χ2v) is 7.01. The minimum Gasteiger partial charge on any atom is -0.459 e. The first kappa shape index (κ1) is 18.7. The summed E-state index contributed by atoms with van der Waals surface area (Å²) in [7, 11) is 0. The second-order valence-electron chi connectivity index (χ2n) is 5.86. The van der Waals surface area contributed by atoms with Gasteiger partial charge in [-0.05, 0) is 44.9 Å². The highest BCUT2D eigenvalue weighted by Gasteiger charge is 2.14. The van der Waals surface area contributed by atoms with Crippen molar-refractivity contribution in [2.45, 2.75) is 39.2 Å². The maximum Gasteiger partial charge on any atom is 0.287 e. The van der Waals surface area contributed by atoms with Crippen molar-refractivity contribution in [3.8, 4) is 0 Å². The lowest BCUT2D eigenvalue weighted by Crippen LogP contribution is -2.45. The molecule has 2 rings (SSSR count). The molecule has 0 bridgehead atoms. The number of furan rings is 1. The highest BCUT2D eigenvalue weighted by molar-refractivity contribution is 7.99. The predicted octanol–water partition coefficient (Wildman–Crippen LogP) is 2.16. The lowest BCUT2D eigenvalue weighted by atomic mass is 10.2. The quantitative estimate of drug-likeness (QED) is 0.398. The molecule has 1 aromatic heterocycles. The molecule has 24 heavy (non-hydrogen) atoms. The van der Waals surface area contributed by atoms with Crippen LogP contribution in [0, 0.1) is 6.92 Å². The highest BCUT2D eigenvalue weighted by atomic mass is 32.2. The van der Waals surface area contributed by atoms with Crippen LogP contribution in [-0.2, 0) is 0 Å². The Morgan fingerprint density at radius 3 is 3.00 bits per heavy atom. The normalized spacial score (nSPS) is 18.2. The molecule has 1 amide bonds. The number of aryl methyl sites for hydroxylation is 1. The topological polar surface area (TPSA) is 78.7 Å². The zero-order valence-electron chi connectivity index (χ0n) is 14.6. The van der Waals surface area contributed by atoms with Gasteiger partial charge >= 0.3 is 0 Å². The molecular weight excluding hydrogens is 324 g/mol. The van der Waals surface area contributed by atoms with Crippen molar-refractivity contribution in [3.05, 3.63) is 23.7 Å². The Hall–Kier alpha value is -1.63. The lowest BCUT2D eigenvalue weighted by molar-refractivity contribution is 0.0925. The van der Waals surface area contributed by atoms with Gasteiger partial charge in [0.1, 0.15) is 0 Å². The van der Waals surface area contributed by atoms with Crippen LogP contribution in [0.15, 0.2) is 21.7 Å².